The van der Waals surface area contributed by atoms with Gasteiger partial charge in [0.1, 0.15) is 0 Å². The van der Waals surface area contributed by atoms with Gasteiger partial charge in [0.05, 0.1) is 27.8 Å². The van der Waals surface area contributed by atoms with Gasteiger partial charge in [-0.1, -0.05) is 115 Å². The first kappa shape index (κ1) is 30.1. The van der Waals surface area contributed by atoms with Gasteiger partial charge in [-0.2, -0.15) is 0 Å². The van der Waals surface area contributed by atoms with Gasteiger partial charge in [0.15, 0.2) is 0 Å². The van der Waals surface area contributed by atoms with E-state index in [1.807, 2.05) is 6.20 Å². The van der Waals surface area contributed by atoms with Crippen LogP contribution in [0.4, 0.5) is 0 Å². The van der Waals surface area contributed by atoms with Gasteiger partial charge in [0.25, 0.3) is 0 Å². The number of aromatic nitrogens is 3. The predicted molar refractivity (Wildman–Crippen MR) is 219 cm³/mol. The summed E-state index contributed by atoms with van der Waals surface area (Å²) < 4.78 is 4.82. The van der Waals surface area contributed by atoms with Crippen LogP contribution in [-0.2, 0) is 0 Å². The van der Waals surface area contributed by atoms with Gasteiger partial charge in [0.2, 0.25) is 0 Å². The molecular formula is C49H35N3. The van der Waals surface area contributed by atoms with E-state index in [0.717, 1.165) is 27.9 Å². The molecular weight excluding hydrogens is 631 g/mol. The second-order valence-electron chi connectivity index (χ2n) is 13.8. The van der Waals surface area contributed by atoms with Crippen LogP contribution in [0.5, 0.6) is 0 Å². The quantitative estimate of drug-likeness (QED) is 0.179. The summed E-state index contributed by atoms with van der Waals surface area (Å²) in [4.78, 5) is 4.87. The molecule has 246 valence electrons. The first-order valence-corrected chi connectivity index (χ1v) is 17.9. The molecule has 0 saturated carbocycles. The summed E-state index contributed by atoms with van der Waals surface area (Å²) in [7, 11) is 0. The number of hydrogen-bond acceptors (Lipinski definition) is 1. The molecule has 3 heterocycles. The number of para-hydroxylation sites is 4. The summed E-state index contributed by atoms with van der Waals surface area (Å²) in [5, 5.41) is 5.08. The van der Waals surface area contributed by atoms with Crippen molar-refractivity contribution < 1.29 is 0 Å². The molecule has 10 aromatic rings. The lowest BCUT2D eigenvalue weighted by Gasteiger charge is -2.15. The van der Waals surface area contributed by atoms with Crippen molar-refractivity contribution in [2.24, 2.45) is 0 Å². The molecule has 7 aromatic carbocycles. The number of nitrogens with zero attached hydrogens (tertiary/aromatic N) is 3. The van der Waals surface area contributed by atoms with E-state index in [1.54, 1.807) is 0 Å². The number of pyridine rings is 1. The molecule has 0 fully saturated rings. The lowest BCUT2D eigenvalue weighted by molar-refractivity contribution is 1.15. The predicted octanol–water partition coefficient (Wildman–Crippen LogP) is 12.9. The van der Waals surface area contributed by atoms with Crippen LogP contribution in [0, 0.1) is 13.8 Å². The highest BCUT2D eigenvalue weighted by Crippen LogP contribution is 2.37. The topological polar surface area (TPSA) is 22.8 Å². The molecule has 0 amide bonds. The molecule has 0 aliphatic rings. The Kier molecular flexibility index (Phi) is 6.94. The minimum atomic E-state index is 0.952. The first-order chi connectivity index (χ1) is 25.6. The maximum atomic E-state index is 4.87. The minimum Gasteiger partial charge on any atom is -0.309 e. The largest absolute Gasteiger partial charge is 0.309 e. The summed E-state index contributed by atoms with van der Waals surface area (Å²) in [6, 6.07) is 61.5. The Bertz CT molecular complexity index is 2680. The molecule has 3 aromatic heterocycles. The summed E-state index contributed by atoms with van der Waals surface area (Å²) in [5.41, 5.74) is 16.4. The van der Waals surface area contributed by atoms with Crippen LogP contribution in [0.1, 0.15) is 11.1 Å². The average molecular weight is 666 g/mol. The third kappa shape index (κ3) is 4.78. The van der Waals surface area contributed by atoms with Crippen LogP contribution in [0.3, 0.4) is 0 Å². The van der Waals surface area contributed by atoms with Gasteiger partial charge in [0, 0.05) is 44.7 Å². The molecule has 0 radical (unpaired) electrons. The Hall–Kier alpha value is -6.71. The molecule has 0 unspecified atom stereocenters. The minimum absolute atomic E-state index is 0.952. The molecule has 10 rings (SSSR count). The molecule has 0 spiro atoms. The lowest BCUT2D eigenvalue weighted by atomic mass is 9.98. The van der Waals surface area contributed by atoms with Crippen molar-refractivity contribution in [2.45, 2.75) is 13.8 Å². The summed E-state index contributed by atoms with van der Waals surface area (Å²) in [6.45, 7) is 4.40. The van der Waals surface area contributed by atoms with Gasteiger partial charge in [-0.15, -0.1) is 0 Å². The third-order valence-electron chi connectivity index (χ3n) is 10.6. The Balaban J connectivity index is 1.05. The molecule has 0 aliphatic carbocycles. The normalized spacial score (nSPS) is 11.7. The van der Waals surface area contributed by atoms with Crippen molar-refractivity contribution in [3.8, 4) is 44.9 Å². The number of rotatable bonds is 5. The van der Waals surface area contributed by atoms with Crippen LogP contribution < -0.4 is 0 Å². The van der Waals surface area contributed by atoms with Gasteiger partial charge < -0.3 is 9.13 Å². The second kappa shape index (κ2) is 12.0. The summed E-state index contributed by atoms with van der Waals surface area (Å²) >= 11 is 0. The molecule has 0 saturated heterocycles. The van der Waals surface area contributed by atoms with Gasteiger partial charge in [-0.25, -0.2) is 0 Å². The second-order valence-corrected chi connectivity index (χ2v) is 13.8. The Labute approximate surface area is 302 Å². The summed E-state index contributed by atoms with van der Waals surface area (Å²) in [6.07, 6.45) is 1.93. The first-order valence-electron chi connectivity index (χ1n) is 17.9. The van der Waals surface area contributed by atoms with E-state index in [2.05, 4.69) is 193 Å². The van der Waals surface area contributed by atoms with Crippen molar-refractivity contribution in [1.29, 1.82) is 0 Å². The fourth-order valence-corrected chi connectivity index (χ4v) is 8.05. The van der Waals surface area contributed by atoms with E-state index in [9.17, 15) is 0 Å². The Morgan fingerprint density at radius 2 is 0.750 bits per heavy atom. The van der Waals surface area contributed by atoms with Gasteiger partial charge >= 0.3 is 0 Å². The van der Waals surface area contributed by atoms with Crippen molar-refractivity contribution in [3.63, 3.8) is 0 Å². The average Bonchev–Trinajstić information content (AvgIpc) is 3.71. The SMILES string of the molecule is Cc1ccc(-c2cccc(-c3cc(-c4ccc(C)c(-n5c6ccccc6c6ccccc65)c4)ccn3)c2)cc1-n1c2ccccc2c2ccccc21. The lowest BCUT2D eigenvalue weighted by Crippen LogP contribution is -1.98. The van der Waals surface area contributed by atoms with E-state index < -0.39 is 0 Å². The van der Waals surface area contributed by atoms with Crippen molar-refractivity contribution in [1.82, 2.24) is 14.1 Å². The van der Waals surface area contributed by atoms with Crippen LogP contribution in [-0.4, -0.2) is 14.1 Å². The Morgan fingerprint density at radius 1 is 0.346 bits per heavy atom. The van der Waals surface area contributed by atoms with Crippen LogP contribution in [0.2, 0.25) is 0 Å². The Morgan fingerprint density at radius 3 is 1.23 bits per heavy atom. The third-order valence-corrected chi connectivity index (χ3v) is 10.6. The van der Waals surface area contributed by atoms with Crippen LogP contribution in [0.25, 0.3) is 88.5 Å². The zero-order chi connectivity index (χ0) is 34.8. The van der Waals surface area contributed by atoms with Crippen LogP contribution in [0.15, 0.2) is 176 Å². The number of hydrogen-bond donors (Lipinski definition) is 0. The molecule has 0 atom stereocenters. The van der Waals surface area contributed by atoms with Crippen molar-refractivity contribution in [2.75, 3.05) is 0 Å². The molecule has 52 heavy (non-hydrogen) atoms. The standard InChI is InChI=1S/C49H35N3/c1-32-22-24-35(30-48(32)51-44-18-7-3-14-39(44)40-15-4-8-19-45(40)51)34-12-11-13-38(28-34)43-29-37(26-27-50-43)36-25-23-33(2)49(31-36)52-46-20-9-5-16-41(46)42-17-6-10-21-47(42)52/h3-31H,1-2H3. The molecule has 0 aliphatic heterocycles. The smallest absolute Gasteiger partial charge is 0.0708 e. The highest BCUT2D eigenvalue weighted by atomic mass is 15.0. The maximum absolute atomic E-state index is 4.87. The zero-order valence-corrected chi connectivity index (χ0v) is 29.1. The number of fused-ring (bicyclic) bond motifs is 6. The van der Waals surface area contributed by atoms with E-state index in [0.29, 0.717) is 0 Å². The monoisotopic (exact) mass is 665 g/mol. The zero-order valence-electron chi connectivity index (χ0n) is 29.1. The van der Waals surface area contributed by atoms with Crippen molar-refractivity contribution >= 4 is 43.6 Å². The number of aryl methyl sites for hydroxylation is 2. The van der Waals surface area contributed by atoms with E-state index >= 15 is 0 Å². The molecule has 3 heteroatoms. The highest BCUT2D eigenvalue weighted by Gasteiger charge is 2.16. The van der Waals surface area contributed by atoms with E-state index in [4.69, 9.17) is 4.98 Å². The van der Waals surface area contributed by atoms with Crippen molar-refractivity contribution in [3.05, 3.63) is 187 Å². The molecule has 3 nitrogen and oxygen atoms in total. The fraction of sp³-hybridized carbons (Fsp3) is 0.0408. The van der Waals surface area contributed by atoms with E-state index in [-0.39, 0.29) is 0 Å². The van der Waals surface area contributed by atoms with E-state index in [1.165, 1.54) is 71.7 Å². The van der Waals surface area contributed by atoms with Gasteiger partial charge in [-0.3, -0.25) is 4.98 Å². The molecule has 0 N–H and O–H groups in total. The number of benzene rings is 7. The van der Waals surface area contributed by atoms with Crippen LogP contribution >= 0.6 is 0 Å². The highest BCUT2D eigenvalue weighted by molar-refractivity contribution is 6.10. The van der Waals surface area contributed by atoms with Gasteiger partial charge in [-0.05, 0) is 102 Å². The molecule has 0 bridgehead atoms. The fourth-order valence-electron chi connectivity index (χ4n) is 8.05. The maximum Gasteiger partial charge on any atom is 0.0708 e. The summed E-state index contributed by atoms with van der Waals surface area (Å²) in [5.74, 6) is 0.